The van der Waals surface area contributed by atoms with Crippen molar-refractivity contribution in [2.75, 3.05) is 52.5 Å². The highest BCUT2D eigenvalue weighted by molar-refractivity contribution is 5.30. The number of fused-ring (bicyclic) bond motifs is 4. The Morgan fingerprint density at radius 3 is 2.54 bits per heavy atom. The first kappa shape index (κ1) is 24.9. The van der Waals surface area contributed by atoms with E-state index in [-0.39, 0.29) is 16.7 Å². The average molecular weight is 510 g/mol. The molecular weight excluding hydrogens is 470 g/mol. The van der Waals surface area contributed by atoms with Gasteiger partial charge in [-0.3, -0.25) is 24.3 Å². The van der Waals surface area contributed by atoms with Crippen molar-refractivity contribution in [1.29, 1.82) is 0 Å². The largest absolute Gasteiger partial charge is 0.503 e. The first-order chi connectivity index (χ1) is 18.0. The van der Waals surface area contributed by atoms with Gasteiger partial charge in [-0.15, -0.1) is 0 Å². The molecule has 2 aromatic rings. The smallest absolute Gasteiger partial charge is 0.250 e. The standard InChI is InChI=1S/C28H39N5O4/c1-29-23(18-31-15-20-13-21(17-31)24-3-2-4-27(35)33(24)16-20)14-26(34)28(36)25(29)19-30-7-9-32(10-8-30)22-5-11-37-12-6-22/h2-4,14,20-22,36H,5-13,15-19H2,1H3/t20-,21-/m0/s1. The van der Waals surface area contributed by atoms with Crippen LogP contribution >= 0.6 is 0 Å². The van der Waals surface area contributed by atoms with Crippen molar-refractivity contribution in [2.24, 2.45) is 13.0 Å². The molecule has 0 aromatic carbocycles. The van der Waals surface area contributed by atoms with Crippen LogP contribution in [-0.4, -0.2) is 87.5 Å². The van der Waals surface area contributed by atoms with Crippen molar-refractivity contribution in [3.63, 3.8) is 0 Å². The molecule has 3 saturated heterocycles. The van der Waals surface area contributed by atoms with Crippen molar-refractivity contribution in [1.82, 2.24) is 23.8 Å². The molecule has 9 nitrogen and oxygen atoms in total. The lowest BCUT2D eigenvalue weighted by Crippen LogP contribution is -2.51. The van der Waals surface area contributed by atoms with Gasteiger partial charge in [-0.25, -0.2) is 0 Å². The van der Waals surface area contributed by atoms with E-state index in [4.69, 9.17) is 4.74 Å². The summed E-state index contributed by atoms with van der Waals surface area (Å²) in [5.41, 5.74) is 2.58. The zero-order valence-electron chi connectivity index (χ0n) is 21.8. The third kappa shape index (κ3) is 5.02. The second-order valence-corrected chi connectivity index (χ2v) is 11.4. The first-order valence-corrected chi connectivity index (χ1v) is 13.8. The van der Waals surface area contributed by atoms with Gasteiger partial charge in [0.05, 0.1) is 5.69 Å². The minimum absolute atomic E-state index is 0.0971. The van der Waals surface area contributed by atoms with Crippen molar-refractivity contribution in [3.05, 3.63) is 61.9 Å². The highest BCUT2D eigenvalue weighted by Gasteiger charge is 2.35. The average Bonchev–Trinajstić information content (AvgIpc) is 2.91. The maximum atomic E-state index is 12.8. The van der Waals surface area contributed by atoms with E-state index in [2.05, 4.69) is 20.8 Å². The van der Waals surface area contributed by atoms with E-state index in [0.29, 0.717) is 36.7 Å². The van der Waals surface area contributed by atoms with E-state index >= 15 is 0 Å². The lowest BCUT2D eigenvalue weighted by Gasteiger charge is -2.43. The molecule has 4 aliphatic rings. The fourth-order valence-corrected chi connectivity index (χ4v) is 7.03. The van der Waals surface area contributed by atoms with E-state index in [9.17, 15) is 14.7 Å². The molecule has 9 heteroatoms. The third-order valence-electron chi connectivity index (χ3n) is 9.07. The van der Waals surface area contributed by atoms with E-state index in [1.54, 1.807) is 12.1 Å². The molecule has 2 atom stereocenters. The minimum Gasteiger partial charge on any atom is -0.503 e. The summed E-state index contributed by atoms with van der Waals surface area (Å²) < 4.78 is 9.50. The normalized spacial score (nSPS) is 25.8. The van der Waals surface area contributed by atoms with Gasteiger partial charge in [-0.05, 0) is 31.2 Å². The van der Waals surface area contributed by atoms with Gasteiger partial charge in [-0.2, -0.15) is 0 Å². The second-order valence-electron chi connectivity index (χ2n) is 11.4. The molecule has 3 fully saturated rings. The molecule has 2 bridgehead atoms. The van der Waals surface area contributed by atoms with Gasteiger partial charge in [0.25, 0.3) is 5.56 Å². The molecule has 2 aromatic heterocycles. The Morgan fingerprint density at radius 1 is 0.973 bits per heavy atom. The van der Waals surface area contributed by atoms with Gasteiger partial charge in [0, 0.05) is 115 Å². The number of pyridine rings is 2. The molecule has 0 saturated carbocycles. The van der Waals surface area contributed by atoms with Crippen LogP contribution in [-0.2, 0) is 31.4 Å². The number of hydrogen-bond acceptors (Lipinski definition) is 7. The Kier molecular flexibility index (Phi) is 6.96. The summed E-state index contributed by atoms with van der Waals surface area (Å²) in [5.74, 6) is 0.649. The van der Waals surface area contributed by atoms with E-state index in [1.165, 1.54) is 0 Å². The molecule has 0 radical (unpaired) electrons. The quantitative estimate of drug-likeness (QED) is 0.648. The van der Waals surface area contributed by atoms with Gasteiger partial charge in [0.15, 0.2) is 5.75 Å². The number of ether oxygens (including phenoxy) is 1. The van der Waals surface area contributed by atoms with Crippen LogP contribution in [0.15, 0.2) is 33.9 Å². The highest BCUT2D eigenvalue weighted by atomic mass is 16.5. The summed E-state index contributed by atoms with van der Waals surface area (Å²) in [6, 6.07) is 7.83. The topological polar surface area (TPSA) is 83.2 Å². The summed E-state index contributed by atoms with van der Waals surface area (Å²) in [6.45, 7) is 9.41. The van der Waals surface area contributed by atoms with E-state index < -0.39 is 0 Å². The van der Waals surface area contributed by atoms with Crippen LogP contribution in [0, 0.1) is 5.92 Å². The Labute approximate surface area is 217 Å². The van der Waals surface area contributed by atoms with Crippen LogP contribution in [0.4, 0.5) is 0 Å². The minimum atomic E-state index is -0.293. The number of piperazine rings is 1. The van der Waals surface area contributed by atoms with Crippen LogP contribution in [0.2, 0.25) is 0 Å². The Balaban J connectivity index is 1.14. The molecule has 6 heterocycles. The van der Waals surface area contributed by atoms with Crippen molar-refractivity contribution < 1.29 is 9.84 Å². The molecule has 0 unspecified atom stereocenters. The molecule has 0 spiro atoms. The molecular formula is C28H39N5O4. The third-order valence-corrected chi connectivity index (χ3v) is 9.07. The Morgan fingerprint density at radius 2 is 1.76 bits per heavy atom. The number of aromatic hydroxyl groups is 1. The Hall–Kier alpha value is -2.46. The van der Waals surface area contributed by atoms with Crippen molar-refractivity contribution in [3.8, 4) is 5.75 Å². The predicted octanol–water partition coefficient (Wildman–Crippen LogP) is 1.17. The second kappa shape index (κ2) is 10.4. The van der Waals surface area contributed by atoms with Crippen molar-refractivity contribution in [2.45, 2.75) is 50.9 Å². The molecule has 0 aliphatic carbocycles. The summed E-state index contributed by atoms with van der Waals surface area (Å²) >= 11 is 0. The van der Waals surface area contributed by atoms with E-state index in [0.717, 1.165) is 89.7 Å². The predicted molar refractivity (Wildman–Crippen MR) is 141 cm³/mol. The van der Waals surface area contributed by atoms with Gasteiger partial charge in [0.2, 0.25) is 5.43 Å². The molecule has 200 valence electrons. The van der Waals surface area contributed by atoms with Gasteiger partial charge < -0.3 is 19.0 Å². The molecule has 6 rings (SSSR count). The van der Waals surface area contributed by atoms with Crippen LogP contribution in [0.1, 0.15) is 42.3 Å². The van der Waals surface area contributed by atoms with Crippen LogP contribution < -0.4 is 11.0 Å². The maximum Gasteiger partial charge on any atom is 0.250 e. The summed E-state index contributed by atoms with van der Waals surface area (Å²) in [4.78, 5) is 32.5. The highest BCUT2D eigenvalue weighted by Crippen LogP contribution is 2.35. The number of hydrogen-bond donors (Lipinski definition) is 1. The van der Waals surface area contributed by atoms with Gasteiger partial charge in [-0.1, -0.05) is 6.07 Å². The zero-order chi connectivity index (χ0) is 25.5. The first-order valence-electron chi connectivity index (χ1n) is 13.8. The van der Waals surface area contributed by atoms with Gasteiger partial charge in [0.1, 0.15) is 0 Å². The number of aromatic nitrogens is 2. The fourth-order valence-electron chi connectivity index (χ4n) is 7.03. The lowest BCUT2D eigenvalue weighted by atomic mass is 9.83. The summed E-state index contributed by atoms with van der Waals surface area (Å²) in [6.07, 6.45) is 3.33. The van der Waals surface area contributed by atoms with Crippen molar-refractivity contribution >= 4 is 0 Å². The van der Waals surface area contributed by atoms with Crippen LogP contribution in [0.5, 0.6) is 5.75 Å². The fraction of sp³-hybridized carbons (Fsp3) is 0.643. The SMILES string of the molecule is Cn1c(CN2C[C@@H]3C[C@@H](C2)c2cccc(=O)n2C3)cc(=O)c(O)c1CN1CCN(C2CCOCC2)CC1. The molecule has 37 heavy (non-hydrogen) atoms. The molecule has 4 aliphatic heterocycles. The van der Waals surface area contributed by atoms with Gasteiger partial charge >= 0.3 is 0 Å². The number of nitrogens with zero attached hydrogens (tertiary/aromatic N) is 5. The summed E-state index contributed by atoms with van der Waals surface area (Å²) in [5, 5.41) is 10.7. The molecule has 1 N–H and O–H groups in total. The van der Waals surface area contributed by atoms with E-state index in [1.807, 2.05) is 22.2 Å². The summed E-state index contributed by atoms with van der Waals surface area (Å²) in [7, 11) is 1.97. The number of likely N-dealkylation sites (tertiary alicyclic amines) is 1. The Bertz CT molecular complexity index is 1240. The lowest BCUT2D eigenvalue weighted by molar-refractivity contribution is 0.0121. The number of rotatable bonds is 5. The maximum absolute atomic E-state index is 12.8. The number of piperidine rings is 1. The van der Waals surface area contributed by atoms with Crippen LogP contribution in [0.25, 0.3) is 0 Å². The molecule has 0 amide bonds. The van der Waals surface area contributed by atoms with Crippen LogP contribution in [0.3, 0.4) is 0 Å². The monoisotopic (exact) mass is 509 g/mol. The zero-order valence-corrected chi connectivity index (χ0v) is 21.8.